The molecule has 2 heterocycles. The van der Waals surface area contributed by atoms with Gasteiger partial charge in [0.25, 0.3) is 0 Å². The van der Waals surface area contributed by atoms with Crippen LogP contribution in [0.4, 0.5) is 0 Å². The lowest BCUT2D eigenvalue weighted by Gasteiger charge is -2.09. The number of ether oxygens (including phenoxy) is 2. The molecule has 2 aromatic carbocycles. The van der Waals surface area contributed by atoms with Gasteiger partial charge in [-0.1, -0.05) is 30.3 Å². The minimum atomic E-state index is 0.265. The molecular weight excluding hydrogens is 358 g/mol. The zero-order valence-corrected chi connectivity index (χ0v) is 15.8. The fraction of sp³-hybridized carbons (Fsp3) is 0.143. The molecule has 0 radical (unpaired) electrons. The van der Waals surface area contributed by atoms with E-state index in [9.17, 15) is 5.26 Å². The van der Waals surface area contributed by atoms with E-state index in [0.717, 1.165) is 33.2 Å². The number of imidazole rings is 1. The Bertz CT molecular complexity index is 1140. The zero-order chi connectivity index (χ0) is 18.8. The predicted octanol–water partition coefficient (Wildman–Crippen LogP) is 4.81. The molecule has 5 nitrogen and oxygen atoms in total. The van der Waals surface area contributed by atoms with Crippen LogP contribution in [0.2, 0.25) is 0 Å². The van der Waals surface area contributed by atoms with Crippen LogP contribution >= 0.6 is 11.3 Å². The third-order valence-electron chi connectivity index (χ3n) is 4.43. The molecule has 0 saturated heterocycles. The van der Waals surface area contributed by atoms with E-state index in [0.29, 0.717) is 11.5 Å². The van der Waals surface area contributed by atoms with Gasteiger partial charge in [-0.3, -0.25) is 4.40 Å². The van der Waals surface area contributed by atoms with E-state index < -0.39 is 0 Å². The molecule has 0 amide bonds. The molecule has 0 aliphatic rings. The van der Waals surface area contributed by atoms with Crippen molar-refractivity contribution in [3.63, 3.8) is 0 Å². The summed E-state index contributed by atoms with van der Waals surface area (Å²) in [6.45, 7) is 0. The maximum absolute atomic E-state index is 9.42. The minimum absolute atomic E-state index is 0.265. The van der Waals surface area contributed by atoms with Crippen LogP contribution in [-0.4, -0.2) is 23.6 Å². The fourth-order valence-corrected chi connectivity index (χ4v) is 4.10. The second-order valence-corrected chi connectivity index (χ2v) is 6.75. The first-order valence-corrected chi connectivity index (χ1v) is 9.28. The van der Waals surface area contributed by atoms with Crippen molar-refractivity contribution in [2.45, 2.75) is 6.42 Å². The number of hydrogen-bond donors (Lipinski definition) is 0. The molecule has 0 unspecified atom stereocenters. The van der Waals surface area contributed by atoms with Gasteiger partial charge in [0.2, 0.25) is 0 Å². The summed E-state index contributed by atoms with van der Waals surface area (Å²) >= 11 is 1.57. The number of benzene rings is 2. The molecule has 0 saturated carbocycles. The van der Waals surface area contributed by atoms with Gasteiger partial charge in [-0.2, -0.15) is 5.26 Å². The third-order valence-corrected chi connectivity index (χ3v) is 5.26. The van der Waals surface area contributed by atoms with Gasteiger partial charge < -0.3 is 9.47 Å². The van der Waals surface area contributed by atoms with Crippen molar-refractivity contribution in [3.05, 3.63) is 59.6 Å². The van der Waals surface area contributed by atoms with Crippen molar-refractivity contribution < 1.29 is 9.47 Å². The molecule has 0 aliphatic carbocycles. The van der Waals surface area contributed by atoms with Crippen LogP contribution in [0.3, 0.4) is 0 Å². The monoisotopic (exact) mass is 375 g/mol. The second kappa shape index (κ2) is 7.14. The fourth-order valence-electron chi connectivity index (χ4n) is 3.18. The summed E-state index contributed by atoms with van der Waals surface area (Å²) in [6.07, 6.45) is 0.265. The normalized spacial score (nSPS) is 10.7. The van der Waals surface area contributed by atoms with Crippen LogP contribution in [-0.2, 0) is 6.42 Å². The van der Waals surface area contributed by atoms with Gasteiger partial charge >= 0.3 is 0 Å². The Labute approximate surface area is 161 Å². The number of rotatable bonds is 5. The van der Waals surface area contributed by atoms with E-state index in [-0.39, 0.29) is 6.42 Å². The first-order chi connectivity index (χ1) is 13.3. The lowest BCUT2D eigenvalue weighted by atomic mass is 10.1. The van der Waals surface area contributed by atoms with Crippen molar-refractivity contribution in [2.75, 3.05) is 14.2 Å². The van der Waals surface area contributed by atoms with E-state index in [1.54, 1.807) is 25.6 Å². The molecule has 134 valence electrons. The molecule has 2 aromatic heterocycles. The highest BCUT2D eigenvalue weighted by Crippen LogP contribution is 2.36. The Morgan fingerprint density at radius 3 is 2.52 bits per heavy atom. The van der Waals surface area contributed by atoms with Crippen molar-refractivity contribution in [3.8, 4) is 40.1 Å². The van der Waals surface area contributed by atoms with Crippen molar-refractivity contribution >= 4 is 16.3 Å². The van der Waals surface area contributed by atoms with E-state index in [1.165, 1.54) is 0 Å². The average Bonchev–Trinajstić information content (AvgIpc) is 3.28. The topological polar surface area (TPSA) is 59.5 Å². The molecule has 0 aliphatic heterocycles. The van der Waals surface area contributed by atoms with Gasteiger partial charge in [-0.05, 0) is 23.8 Å². The van der Waals surface area contributed by atoms with E-state index in [2.05, 4.69) is 28.0 Å². The molecule has 0 N–H and O–H groups in total. The molecule has 4 aromatic rings. The number of methoxy groups -OCH3 is 2. The largest absolute Gasteiger partial charge is 0.493 e. The number of nitriles is 1. The van der Waals surface area contributed by atoms with Crippen LogP contribution in [0.1, 0.15) is 5.69 Å². The van der Waals surface area contributed by atoms with E-state index in [1.807, 2.05) is 36.4 Å². The first kappa shape index (κ1) is 17.1. The predicted molar refractivity (Wildman–Crippen MR) is 106 cm³/mol. The average molecular weight is 375 g/mol. The Morgan fingerprint density at radius 2 is 1.81 bits per heavy atom. The van der Waals surface area contributed by atoms with Crippen LogP contribution < -0.4 is 9.47 Å². The lowest BCUT2D eigenvalue weighted by Crippen LogP contribution is -1.96. The molecule has 0 bridgehead atoms. The summed E-state index contributed by atoms with van der Waals surface area (Å²) in [5.41, 5.74) is 4.70. The summed E-state index contributed by atoms with van der Waals surface area (Å²) in [4.78, 5) is 5.68. The van der Waals surface area contributed by atoms with Crippen LogP contribution in [0, 0.1) is 11.3 Å². The van der Waals surface area contributed by atoms with Crippen LogP contribution in [0.5, 0.6) is 11.5 Å². The molecule has 0 fully saturated rings. The summed E-state index contributed by atoms with van der Waals surface area (Å²) in [5, 5.41) is 11.5. The van der Waals surface area contributed by atoms with Gasteiger partial charge in [0.15, 0.2) is 16.5 Å². The summed E-state index contributed by atoms with van der Waals surface area (Å²) in [6, 6.07) is 18.1. The number of nitrogens with zero attached hydrogens (tertiary/aromatic N) is 3. The first-order valence-electron chi connectivity index (χ1n) is 8.40. The Morgan fingerprint density at radius 1 is 1.04 bits per heavy atom. The Kier molecular flexibility index (Phi) is 4.53. The second-order valence-electron chi connectivity index (χ2n) is 5.92. The molecule has 6 heteroatoms. The van der Waals surface area contributed by atoms with Gasteiger partial charge in [-0.25, -0.2) is 4.98 Å². The highest BCUT2D eigenvalue weighted by molar-refractivity contribution is 7.15. The lowest BCUT2D eigenvalue weighted by molar-refractivity contribution is 0.355. The van der Waals surface area contributed by atoms with Crippen LogP contribution in [0.25, 0.3) is 27.5 Å². The maximum atomic E-state index is 9.42. The van der Waals surface area contributed by atoms with Crippen molar-refractivity contribution in [1.29, 1.82) is 5.26 Å². The highest BCUT2D eigenvalue weighted by Gasteiger charge is 2.19. The molecule has 4 rings (SSSR count). The smallest absolute Gasteiger partial charge is 0.194 e. The third kappa shape index (κ3) is 2.92. The summed E-state index contributed by atoms with van der Waals surface area (Å²) in [7, 11) is 3.22. The Hall–Kier alpha value is -3.30. The van der Waals surface area contributed by atoms with Crippen molar-refractivity contribution in [1.82, 2.24) is 9.38 Å². The molecule has 0 spiro atoms. The highest BCUT2D eigenvalue weighted by atomic mass is 32.1. The van der Waals surface area contributed by atoms with Gasteiger partial charge in [-0.15, -0.1) is 11.3 Å². The minimum Gasteiger partial charge on any atom is -0.493 e. The number of aromatic nitrogens is 2. The number of thiazole rings is 1. The van der Waals surface area contributed by atoms with E-state index in [4.69, 9.17) is 14.5 Å². The van der Waals surface area contributed by atoms with Crippen molar-refractivity contribution in [2.24, 2.45) is 0 Å². The zero-order valence-electron chi connectivity index (χ0n) is 15.0. The maximum Gasteiger partial charge on any atom is 0.194 e. The summed E-state index contributed by atoms with van der Waals surface area (Å²) in [5.74, 6) is 1.30. The quantitative estimate of drug-likeness (QED) is 0.502. The summed E-state index contributed by atoms with van der Waals surface area (Å²) < 4.78 is 12.8. The van der Waals surface area contributed by atoms with E-state index >= 15 is 0 Å². The Balaban J connectivity index is 1.93. The molecule has 0 atom stereocenters. The standard InChI is InChI=1S/C21H17N3O2S/c1-25-18-9-8-15(12-19(18)26-2)20-16(10-11-22)24-17(13-27-21(24)23-20)14-6-4-3-5-7-14/h3-9,12-13H,10H2,1-2H3. The van der Waals surface area contributed by atoms with Crippen LogP contribution in [0.15, 0.2) is 53.9 Å². The molecular formula is C21H17N3O2S. The molecule has 27 heavy (non-hydrogen) atoms. The SMILES string of the molecule is COc1ccc(-c2nc3scc(-c4ccccc4)n3c2CC#N)cc1OC. The van der Waals surface area contributed by atoms with Gasteiger partial charge in [0.05, 0.1) is 43.8 Å². The van der Waals surface area contributed by atoms with Gasteiger partial charge in [0, 0.05) is 10.9 Å². The number of fused-ring (bicyclic) bond motifs is 1. The van der Waals surface area contributed by atoms with Gasteiger partial charge in [0.1, 0.15) is 0 Å². The number of hydrogen-bond acceptors (Lipinski definition) is 5.